The van der Waals surface area contributed by atoms with Crippen LogP contribution in [0.25, 0.3) is 0 Å². The van der Waals surface area contributed by atoms with Crippen molar-refractivity contribution < 1.29 is 36.0 Å². The van der Waals surface area contributed by atoms with Crippen molar-refractivity contribution in [2.45, 2.75) is 25.2 Å². The van der Waals surface area contributed by atoms with Gasteiger partial charge in [-0.05, 0) is 48.0 Å². The van der Waals surface area contributed by atoms with E-state index in [9.17, 15) is 31.1 Å². The zero-order valence-electron chi connectivity index (χ0n) is 18.0. The summed E-state index contributed by atoms with van der Waals surface area (Å²) in [6.45, 7) is -0.346. The van der Waals surface area contributed by atoms with Crippen molar-refractivity contribution in [3.05, 3.63) is 106 Å². The van der Waals surface area contributed by atoms with Gasteiger partial charge in [-0.1, -0.05) is 23.4 Å². The third-order valence-corrected chi connectivity index (χ3v) is 5.39. The summed E-state index contributed by atoms with van der Waals surface area (Å²) >= 11 is 0. The fourth-order valence-corrected chi connectivity index (χ4v) is 3.74. The van der Waals surface area contributed by atoms with Crippen molar-refractivity contribution in [2.24, 2.45) is 5.16 Å². The molecule has 1 atom stereocenters. The highest BCUT2D eigenvalue weighted by Gasteiger charge is 2.32. The molecule has 0 radical (unpaired) electrons. The summed E-state index contributed by atoms with van der Waals surface area (Å²) in [6.07, 6.45) is -5.25. The van der Waals surface area contributed by atoms with Crippen LogP contribution in [-0.4, -0.2) is 29.2 Å². The molecule has 1 amide bonds. The SMILES string of the molecule is O=C(c1cccc(F)c1)N(Cc1cccc(C(F)(F)F)c1)CC1CC(c2ccc(F)cc2F)=NO1. The lowest BCUT2D eigenvalue weighted by Gasteiger charge is -2.25. The number of carbonyl (C=O) groups excluding carboxylic acids is 1. The van der Waals surface area contributed by atoms with Crippen molar-refractivity contribution >= 4 is 11.6 Å². The van der Waals surface area contributed by atoms with Crippen molar-refractivity contribution in [3.63, 3.8) is 0 Å². The van der Waals surface area contributed by atoms with Crippen LogP contribution in [0, 0.1) is 17.5 Å². The predicted molar refractivity (Wildman–Crippen MR) is 115 cm³/mol. The maximum Gasteiger partial charge on any atom is 0.416 e. The van der Waals surface area contributed by atoms with E-state index in [2.05, 4.69) is 5.16 Å². The summed E-state index contributed by atoms with van der Waals surface area (Å²) in [5.74, 6) is -2.86. The van der Waals surface area contributed by atoms with E-state index < -0.39 is 41.2 Å². The molecule has 3 aromatic rings. The molecule has 1 heterocycles. The first-order valence-corrected chi connectivity index (χ1v) is 10.5. The Kier molecular flexibility index (Phi) is 6.81. The molecule has 35 heavy (non-hydrogen) atoms. The van der Waals surface area contributed by atoms with E-state index in [0.29, 0.717) is 6.07 Å². The molecular weight excluding hydrogens is 474 g/mol. The minimum atomic E-state index is -4.57. The number of rotatable bonds is 6. The van der Waals surface area contributed by atoms with Gasteiger partial charge in [-0.15, -0.1) is 0 Å². The topological polar surface area (TPSA) is 41.9 Å². The first-order valence-electron chi connectivity index (χ1n) is 10.5. The Morgan fingerprint density at radius 3 is 2.43 bits per heavy atom. The number of hydrogen-bond donors (Lipinski definition) is 0. The molecule has 0 aliphatic carbocycles. The summed E-state index contributed by atoms with van der Waals surface area (Å²) in [5, 5.41) is 3.84. The molecule has 4 rings (SSSR count). The van der Waals surface area contributed by atoms with Gasteiger partial charge in [0.15, 0.2) is 6.10 Å². The Hall–Kier alpha value is -3.82. The fourth-order valence-electron chi connectivity index (χ4n) is 3.74. The van der Waals surface area contributed by atoms with Crippen LogP contribution in [0.4, 0.5) is 26.3 Å². The normalized spacial score (nSPS) is 15.5. The maximum absolute atomic E-state index is 14.1. The average Bonchev–Trinajstić information content (AvgIpc) is 3.26. The monoisotopic (exact) mass is 492 g/mol. The summed E-state index contributed by atoms with van der Waals surface area (Å²) in [6, 6.07) is 12.4. The van der Waals surface area contributed by atoms with Crippen molar-refractivity contribution in [3.8, 4) is 0 Å². The Balaban J connectivity index is 1.56. The molecule has 1 aliphatic rings. The summed E-state index contributed by atoms with van der Waals surface area (Å²) in [7, 11) is 0. The Morgan fingerprint density at radius 1 is 0.971 bits per heavy atom. The van der Waals surface area contributed by atoms with Gasteiger partial charge < -0.3 is 9.74 Å². The van der Waals surface area contributed by atoms with Gasteiger partial charge in [0.05, 0.1) is 17.8 Å². The Labute approximate surface area is 196 Å². The van der Waals surface area contributed by atoms with Crippen LogP contribution in [0.5, 0.6) is 0 Å². The van der Waals surface area contributed by atoms with Gasteiger partial charge in [-0.3, -0.25) is 4.79 Å². The molecule has 0 aromatic heterocycles. The highest BCUT2D eigenvalue weighted by molar-refractivity contribution is 6.01. The number of alkyl halides is 3. The molecule has 0 saturated heterocycles. The number of hydrogen-bond acceptors (Lipinski definition) is 3. The number of amides is 1. The molecule has 0 bridgehead atoms. The van der Waals surface area contributed by atoms with Crippen LogP contribution in [0.1, 0.15) is 33.5 Å². The molecule has 1 unspecified atom stereocenters. The lowest BCUT2D eigenvalue weighted by Crippen LogP contribution is -2.37. The van der Waals surface area contributed by atoms with E-state index in [1.54, 1.807) is 0 Å². The van der Waals surface area contributed by atoms with Crippen LogP contribution < -0.4 is 0 Å². The Bertz CT molecular complexity index is 1270. The third-order valence-electron chi connectivity index (χ3n) is 5.39. The molecule has 0 saturated carbocycles. The fraction of sp³-hybridized carbons (Fsp3) is 0.200. The van der Waals surface area contributed by atoms with E-state index in [-0.39, 0.29) is 41.9 Å². The zero-order chi connectivity index (χ0) is 25.2. The maximum atomic E-state index is 14.1. The molecule has 0 spiro atoms. The second-order valence-corrected chi connectivity index (χ2v) is 7.99. The summed E-state index contributed by atoms with van der Waals surface area (Å²) < 4.78 is 80.5. The van der Waals surface area contributed by atoms with Gasteiger partial charge >= 0.3 is 6.18 Å². The molecule has 3 aromatic carbocycles. The first-order chi connectivity index (χ1) is 16.6. The van der Waals surface area contributed by atoms with Crippen molar-refractivity contribution in [1.82, 2.24) is 4.90 Å². The number of oxime groups is 1. The molecule has 1 aliphatic heterocycles. The number of halogens is 6. The van der Waals surface area contributed by atoms with Gasteiger partial charge in [-0.2, -0.15) is 13.2 Å². The van der Waals surface area contributed by atoms with Gasteiger partial charge in [0.25, 0.3) is 5.91 Å². The quantitative estimate of drug-likeness (QED) is 0.399. The second-order valence-electron chi connectivity index (χ2n) is 7.99. The highest BCUT2D eigenvalue weighted by atomic mass is 19.4. The Morgan fingerprint density at radius 2 is 1.71 bits per heavy atom. The van der Waals surface area contributed by atoms with Crippen LogP contribution in [0.15, 0.2) is 71.9 Å². The van der Waals surface area contributed by atoms with Gasteiger partial charge in [0.1, 0.15) is 17.5 Å². The van der Waals surface area contributed by atoms with Crippen LogP contribution in [-0.2, 0) is 17.6 Å². The van der Waals surface area contributed by atoms with E-state index >= 15 is 0 Å². The molecule has 182 valence electrons. The van der Waals surface area contributed by atoms with Gasteiger partial charge in [0.2, 0.25) is 0 Å². The molecular formula is C25H18F6N2O2. The highest BCUT2D eigenvalue weighted by Crippen LogP contribution is 2.30. The largest absolute Gasteiger partial charge is 0.416 e. The molecule has 4 nitrogen and oxygen atoms in total. The van der Waals surface area contributed by atoms with Gasteiger partial charge in [-0.25, -0.2) is 13.2 Å². The van der Waals surface area contributed by atoms with Gasteiger partial charge in [0, 0.05) is 30.2 Å². The van der Waals surface area contributed by atoms with E-state index in [0.717, 1.165) is 30.3 Å². The standard InChI is InChI=1S/C25H18F6N2O2/c26-18-6-2-4-16(10-18)24(34)33(13-15-3-1-5-17(9-15)25(29,30)31)14-20-12-23(32-35-20)21-8-7-19(27)11-22(21)28/h1-11,20H,12-14H2. The van der Waals surface area contributed by atoms with Crippen molar-refractivity contribution in [2.75, 3.05) is 6.54 Å². The molecule has 10 heteroatoms. The lowest BCUT2D eigenvalue weighted by atomic mass is 10.0. The predicted octanol–water partition coefficient (Wildman–Crippen LogP) is 5.96. The van der Waals surface area contributed by atoms with E-state index in [1.165, 1.54) is 35.2 Å². The van der Waals surface area contributed by atoms with Crippen molar-refractivity contribution in [1.29, 1.82) is 0 Å². The minimum absolute atomic E-state index is 0.000642. The van der Waals surface area contributed by atoms with Crippen LogP contribution >= 0.6 is 0 Å². The minimum Gasteiger partial charge on any atom is -0.390 e. The number of benzene rings is 3. The molecule has 0 N–H and O–H groups in total. The molecule has 0 fully saturated rings. The zero-order valence-corrected chi connectivity index (χ0v) is 18.0. The average molecular weight is 492 g/mol. The van der Waals surface area contributed by atoms with E-state index in [4.69, 9.17) is 4.84 Å². The summed E-state index contributed by atoms with van der Waals surface area (Å²) in [4.78, 5) is 19.7. The smallest absolute Gasteiger partial charge is 0.390 e. The first kappa shape index (κ1) is 24.3. The van der Waals surface area contributed by atoms with E-state index in [1.807, 2.05) is 0 Å². The number of carbonyl (C=O) groups is 1. The van der Waals surface area contributed by atoms with Crippen LogP contribution in [0.2, 0.25) is 0 Å². The van der Waals surface area contributed by atoms with Crippen LogP contribution in [0.3, 0.4) is 0 Å². The number of nitrogens with zero attached hydrogens (tertiary/aromatic N) is 2. The second kappa shape index (κ2) is 9.81. The lowest BCUT2D eigenvalue weighted by molar-refractivity contribution is -0.137. The third kappa shape index (κ3) is 5.82. The summed E-state index contributed by atoms with van der Waals surface area (Å²) in [5.41, 5.74) is -0.434.